The molecule has 0 aliphatic heterocycles. The van der Waals surface area contributed by atoms with Gasteiger partial charge in [-0.25, -0.2) is 13.9 Å². The van der Waals surface area contributed by atoms with Crippen molar-refractivity contribution in [3.8, 4) is 0 Å². The van der Waals surface area contributed by atoms with Gasteiger partial charge in [0, 0.05) is 0 Å². The first-order valence-corrected chi connectivity index (χ1v) is 6.46. The largest absolute Gasteiger partial charge is 0.477 e. The third-order valence-electron chi connectivity index (χ3n) is 3.21. The zero-order valence-corrected chi connectivity index (χ0v) is 11.5. The zero-order chi connectivity index (χ0) is 15.6. The van der Waals surface area contributed by atoms with Crippen LogP contribution in [0.15, 0.2) is 24.3 Å². The third-order valence-corrected chi connectivity index (χ3v) is 3.21. The van der Waals surface area contributed by atoms with E-state index in [-0.39, 0.29) is 17.9 Å². The first-order valence-electron chi connectivity index (χ1n) is 6.46. The van der Waals surface area contributed by atoms with Gasteiger partial charge < -0.3 is 15.9 Å². The highest BCUT2D eigenvalue weighted by molar-refractivity contribution is 5.94. The van der Waals surface area contributed by atoms with Crippen LogP contribution in [0.25, 0.3) is 0 Å². The number of anilines is 1. The number of carboxylic acids is 1. The summed E-state index contributed by atoms with van der Waals surface area (Å²) in [6.45, 7) is 1.77. The number of hydrogen-bond acceptors (Lipinski definition) is 4. The van der Waals surface area contributed by atoms with Crippen LogP contribution >= 0.6 is 0 Å². The fourth-order valence-electron chi connectivity index (χ4n) is 2.10. The topological polar surface area (TPSA) is 101 Å². The maximum absolute atomic E-state index is 12.8. The number of halogens is 1. The second-order valence-electron chi connectivity index (χ2n) is 4.62. The number of aromatic nitrogens is 2. The first-order chi connectivity index (χ1) is 9.93. The summed E-state index contributed by atoms with van der Waals surface area (Å²) in [5, 5.41) is 23.4. The molecule has 21 heavy (non-hydrogen) atoms. The molecule has 0 amide bonds. The summed E-state index contributed by atoms with van der Waals surface area (Å²) in [6, 6.07) is 5.40. The molecule has 0 spiro atoms. The number of nitrogen functional groups attached to an aromatic ring is 1. The van der Waals surface area contributed by atoms with Crippen molar-refractivity contribution in [3.05, 3.63) is 46.9 Å². The van der Waals surface area contributed by atoms with Crippen molar-refractivity contribution < 1.29 is 19.4 Å². The predicted molar refractivity (Wildman–Crippen MR) is 74.3 cm³/mol. The van der Waals surface area contributed by atoms with Crippen LogP contribution in [0.5, 0.6) is 0 Å². The summed E-state index contributed by atoms with van der Waals surface area (Å²) >= 11 is 0. The molecule has 1 aromatic heterocycles. The summed E-state index contributed by atoms with van der Waals surface area (Å²) < 4.78 is 14.1. The highest BCUT2D eigenvalue weighted by atomic mass is 19.1. The molecule has 2 aromatic rings. The van der Waals surface area contributed by atoms with Crippen molar-refractivity contribution in [2.75, 3.05) is 5.73 Å². The van der Waals surface area contributed by atoms with Gasteiger partial charge in [-0.15, -0.1) is 0 Å². The van der Waals surface area contributed by atoms with Crippen LogP contribution in [0.1, 0.15) is 34.6 Å². The Labute approximate surface area is 120 Å². The van der Waals surface area contributed by atoms with E-state index in [2.05, 4.69) is 5.10 Å². The fraction of sp³-hybridized carbons (Fsp3) is 0.286. The third kappa shape index (κ3) is 3.03. The van der Waals surface area contributed by atoms with Crippen LogP contribution in [0, 0.1) is 5.82 Å². The lowest BCUT2D eigenvalue weighted by molar-refractivity contribution is 0.0696. The summed E-state index contributed by atoms with van der Waals surface area (Å²) in [5.74, 6) is -1.54. The molecule has 1 heterocycles. The van der Waals surface area contributed by atoms with Crippen molar-refractivity contribution in [2.24, 2.45) is 0 Å². The molecule has 0 saturated heterocycles. The van der Waals surface area contributed by atoms with Gasteiger partial charge in [0.1, 0.15) is 17.2 Å². The number of benzene rings is 1. The number of nitrogens with two attached hydrogens (primary N) is 1. The lowest BCUT2D eigenvalue weighted by Gasteiger charge is -2.12. The minimum atomic E-state index is -1.15. The summed E-state index contributed by atoms with van der Waals surface area (Å²) in [4.78, 5) is 11.2. The first kappa shape index (κ1) is 15.0. The quantitative estimate of drug-likeness (QED) is 0.777. The van der Waals surface area contributed by atoms with Crippen LogP contribution in [-0.4, -0.2) is 26.0 Å². The van der Waals surface area contributed by atoms with Crippen molar-refractivity contribution in [3.63, 3.8) is 0 Å². The van der Waals surface area contributed by atoms with Gasteiger partial charge in [0.25, 0.3) is 0 Å². The van der Waals surface area contributed by atoms with Gasteiger partial charge in [-0.2, -0.15) is 5.10 Å². The van der Waals surface area contributed by atoms with E-state index >= 15 is 0 Å². The second kappa shape index (κ2) is 5.92. The van der Waals surface area contributed by atoms with Crippen molar-refractivity contribution in [1.82, 2.24) is 9.78 Å². The lowest BCUT2D eigenvalue weighted by Crippen LogP contribution is -2.13. The minimum Gasteiger partial charge on any atom is -0.477 e. The number of aliphatic hydroxyl groups excluding tert-OH is 1. The number of aliphatic hydroxyl groups is 1. The molecular weight excluding hydrogens is 277 g/mol. The molecule has 0 fully saturated rings. The highest BCUT2D eigenvalue weighted by Gasteiger charge is 2.22. The Morgan fingerprint density at radius 1 is 1.43 bits per heavy atom. The molecule has 1 aromatic carbocycles. The number of carboxylic acid groups (broad SMARTS) is 1. The van der Waals surface area contributed by atoms with E-state index in [9.17, 15) is 14.3 Å². The molecule has 0 saturated carbocycles. The van der Waals surface area contributed by atoms with Gasteiger partial charge in [-0.1, -0.05) is 19.1 Å². The Morgan fingerprint density at radius 3 is 2.52 bits per heavy atom. The molecule has 0 radical (unpaired) electrons. The second-order valence-corrected chi connectivity index (χ2v) is 4.62. The van der Waals surface area contributed by atoms with Crippen LogP contribution in [-0.2, 0) is 13.0 Å². The van der Waals surface area contributed by atoms with Crippen molar-refractivity contribution in [2.45, 2.75) is 26.0 Å². The van der Waals surface area contributed by atoms with Crippen LogP contribution in [0.3, 0.4) is 0 Å². The minimum absolute atomic E-state index is 0.000474. The van der Waals surface area contributed by atoms with Crippen LogP contribution in [0.2, 0.25) is 0 Å². The van der Waals surface area contributed by atoms with E-state index in [1.165, 1.54) is 28.9 Å². The average molecular weight is 293 g/mol. The molecule has 6 nitrogen and oxygen atoms in total. The van der Waals surface area contributed by atoms with E-state index in [1.807, 2.05) is 0 Å². The Kier molecular flexibility index (Phi) is 4.23. The van der Waals surface area contributed by atoms with Crippen LogP contribution < -0.4 is 5.73 Å². The normalized spacial score (nSPS) is 12.3. The van der Waals surface area contributed by atoms with Gasteiger partial charge in [0.15, 0.2) is 0 Å². The van der Waals surface area contributed by atoms with Gasteiger partial charge in [-0.3, -0.25) is 0 Å². The molecule has 0 aliphatic rings. The van der Waals surface area contributed by atoms with Gasteiger partial charge in [0.05, 0.1) is 18.3 Å². The van der Waals surface area contributed by atoms with E-state index in [1.54, 1.807) is 6.92 Å². The number of rotatable bonds is 5. The molecule has 112 valence electrons. The van der Waals surface area contributed by atoms with E-state index < -0.39 is 17.9 Å². The summed E-state index contributed by atoms with van der Waals surface area (Å²) in [7, 11) is 0. The summed E-state index contributed by atoms with van der Waals surface area (Å²) in [5.41, 5.74) is 6.61. The SMILES string of the molecule is CCc1nn(CC(O)c2ccc(F)cc2)c(N)c1C(=O)O. The number of hydrogen-bond donors (Lipinski definition) is 3. The molecule has 0 aliphatic carbocycles. The smallest absolute Gasteiger partial charge is 0.341 e. The van der Waals surface area contributed by atoms with E-state index in [0.29, 0.717) is 17.7 Å². The predicted octanol–water partition coefficient (Wildman–Crippen LogP) is 1.60. The molecule has 1 unspecified atom stereocenters. The average Bonchev–Trinajstić information content (AvgIpc) is 2.76. The number of aryl methyl sites for hydroxylation is 1. The fourth-order valence-corrected chi connectivity index (χ4v) is 2.10. The Balaban J connectivity index is 2.27. The Morgan fingerprint density at radius 2 is 2.05 bits per heavy atom. The standard InChI is InChI=1S/C14H16FN3O3/c1-2-10-12(14(20)21)13(16)18(17-10)7-11(19)8-3-5-9(15)6-4-8/h3-6,11,19H,2,7,16H2,1H3,(H,20,21). The van der Waals surface area contributed by atoms with Gasteiger partial charge >= 0.3 is 5.97 Å². The maximum atomic E-state index is 12.8. The van der Waals surface area contributed by atoms with Crippen molar-refractivity contribution >= 4 is 11.8 Å². The van der Waals surface area contributed by atoms with E-state index in [4.69, 9.17) is 10.8 Å². The Hall–Kier alpha value is -2.41. The summed E-state index contributed by atoms with van der Waals surface area (Å²) in [6.07, 6.45) is -0.537. The Bertz CT molecular complexity index is 652. The number of aromatic carboxylic acids is 1. The molecule has 0 bridgehead atoms. The number of nitrogens with zero attached hydrogens (tertiary/aromatic N) is 2. The zero-order valence-electron chi connectivity index (χ0n) is 11.5. The molecule has 7 heteroatoms. The molecule has 1 atom stereocenters. The number of carbonyl (C=O) groups is 1. The molecular formula is C14H16FN3O3. The van der Waals surface area contributed by atoms with Crippen LogP contribution in [0.4, 0.5) is 10.2 Å². The van der Waals surface area contributed by atoms with Crippen molar-refractivity contribution in [1.29, 1.82) is 0 Å². The van der Waals surface area contributed by atoms with Gasteiger partial charge in [0.2, 0.25) is 0 Å². The van der Waals surface area contributed by atoms with E-state index in [0.717, 1.165) is 0 Å². The monoisotopic (exact) mass is 293 g/mol. The lowest BCUT2D eigenvalue weighted by atomic mass is 10.1. The maximum Gasteiger partial charge on any atom is 0.341 e. The molecule has 4 N–H and O–H groups in total. The molecule has 2 rings (SSSR count). The highest BCUT2D eigenvalue weighted by Crippen LogP contribution is 2.22. The van der Waals surface area contributed by atoms with Gasteiger partial charge in [-0.05, 0) is 24.1 Å².